The van der Waals surface area contributed by atoms with Crippen molar-refractivity contribution >= 4 is 17.7 Å². The molecule has 0 saturated heterocycles. The third-order valence-corrected chi connectivity index (χ3v) is 7.17. The van der Waals surface area contributed by atoms with Gasteiger partial charge in [-0.15, -0.1) is 15.3 Å². The van der Waals surface area contributed by atoms with Crippen LogP contribution in [-0.4, -0.2) is 59.8 Å². The Bertz CT molecular complexity index is 1800. The Morgan fingerprint density at radius 2 is 2.02 bits per heavy atom. The minimum atomic E-state index is -0.895. The first-order valence-electron chi connectivity index (χ1n) is 12.7. The highest BCUT2D eigenvalue weighted by atomic mass is 35.5. The predicted molar refractivity (Wildman–Crippen MR) is 148 cm³/mol. The number of halogens is 1. The first kappa shape index (κ1) is 26.3. The Kier molecular flexibility index (Phi) is 7.03. The van der Waals surface area contributed by atoms with Gasteiger partial charge in [0.2, 0.25) is 0 Å². The zero-order valence-electron chi connectivity index (χ0n) is 21.8. The summed E-state index contributed by atoms with van der Waals surface area (Å²) < 4.78 is 13.6. The zero-order valence-corrected chi connectivity index (χ0v) is 22.6. The van der Waals surface area contributed by atoms with Crippen LogP contribution >= 0.6 is 11.6 Å². The molecule has 5 aromatic rings. The number of rotatable bonds is 8. The van der Waals surface area contributed by atoms with Crippen LogP contribution in [0.25, 0.3) is 28.2 Å². The normalized spacial score (nSPS) is 14.2. The summed E-state index contributed by atoms with van der Waals surface area (Å²) in [5.41, 5.74) is 9.54. The number of nitrogens with zero attached hydrogens (tertiary/aromatic N) is 7. The van der Waals surface area contributed by atoms with Crippen LogP contribution in [-0.2, 0) is 17.6 Å². The molecule has 208 valence electrons. The van der Waals surface area contributed by atoms with Gasteiger partial charge in [-0.1, -0.05) is 11.6 Å². The molecule has 1 atom stereocenters. The number of hydrogen-bond acceptors (Lipinski definition) is 9. The maximum atomic E-state index is 13.5. The second-order valence-corrected chi connectivity index (χ2v) is 9.90. The van der Waals surface area contributed by atoms with Crippen LogP contribution in [0, 0.1) is 0 Å². The number of amides is 1. The number of H-pyrrole nitrogens is 1. The molecule has 6 rings (SSSR count). The largest absolute Gasteiger partial charge is 0.410 e. The van der Waals surface area contributed by atoms with E-state index in [1.165, 1.54) is 11.0 Å². The van der Waals surface area contributed by atoms with Crippen LogP contribution in [0.4, 0.5) is 4.79 Å². The maximum Gasteiger partial charge on any atom is 0.409 e. The molecule has 0 fully saturated rings. The van der Waals surface area contributed by atoms with Gasteiger partial charge in [0.1, 0.15) is 12.1 Å². The standard InChI is InChI=1S/C27H24ClN9O4/c1-40-9-8-15-10-16(2-7-23(15)41-27(29)39)25-31-26(33-32-25)22-6-4-19-11-17(12-24(38)37(19)22)20-13-18(28)3-5-21(20)36-14-30-34-35-36/h2-3,5,7,10-14,22H,4,6,8-9H2,1H3,(H2,29,39)(H,31,32,33)/t22-/m0/s1. The van der Waals surface area contributed by atoms with Gasteiger partial charge >= 0.3 is 6.09 Å². The topological polar surface area (TPSA) is 169 Å². The van der Waals surface area contributed by atoms with Gasteiger partial charge in [0, 0.05) is 35.0 Å². The molecule has 2 aromatic carbocycles. The summed E-state index contributed by atoms with van der Waals surface area (Å²) >= 11 is 6.31. The molecule has 0 aliphatic carbocycles. The lowest BCUT2D eigenvalue weighted by Crippen LogP contribution is -2.24. The summed E-state index contributed by atoms with van der Waals surface area (Å²) in [6.45, 7) is 0.427. The second-order valence-electron chi connectivity index (χ2n) is 9.46. The fourth-order valence-electron chi connectivity index (χ4n) is 5.12. The summed E-state index contributed by atoms with van der Waals surface area (Å²) in [6, 6.07) is 13.9. The van der Waals surface area contributed by atoms with Crippen molar-refractivity contribution in [2.75, 3.05) is 13.7 Å². The molecule has 0 spiro atoms. The van der Waals surface area contributed by atoms with Crippen molar-refractivity contribution < 1.29 is 14.3 Å². The highest BCUT2D eigenvalue weighted by Crippen LogP contribution is 2.34. The van der Waals surface area contributed by atoms with Gasteiger partial charge in [-0.2, -0.15) is 4.68 Å². The highest BCUT2D eigenvalue weighted by Gasteiger charge is 2.29. The number of tetrazole rings is 1. The zero-order chi connectivity index (χ0) is 28.5. The van der Waals surface area contributed by atoms with E-state index in [1.807, 2.05) is 18.2 Å². The van der Waals surface area contributed by atoms with Gasteiger partial charge in [0.15, 0.2) is 11.6 Å². The fourth-order valence-corrected chi connectivity index (χ4v) is 5.29. The Balaban J connectivity index is 1.32. The molecule has 4 heterocycles. The third-order valence-electron chi connectivity index (χ3n) is 6.94. The molecule has 1 aliphatic rings. The number of benzene rings is 2. The van der Waals surface area contributed by atoms with Gasteiger partial charge in [-0.25, -0.2) is 4.79 Å². The molecule has 14 heteroatoms. The van der Waals surface area contributed by atoms with Crippen molar-refractivity contribution in [3.05, 3.63) is 87.3 Å². The smallest absolute Gasteiger partial charge is 0.409 e. The fraction of sp³-hybridized carbons (Fsp3) is 0.222. The lowest BCUT2D eigenvalue weighted by atomic mass is 10.0. The average Bonchev–Trinajstić information content (AvgIpc) is 3.73. The van der Waals surface area contributed by atoms with Gasteiger partial charge < -0.3 is 24.8 Å². The SMILES string of the molecule is COCCc1cc(-c2nnc([C@@H]3CCc4cc(-c5cc(Cl)ccc5-n5cnnn5)cc(=O)n43)[nH]2)ccc1OC(N)=O. The van der Waals surface area contributed by atoms with E-state index in [0.717, 1.165) is 27.9 Å². The van der Waals surface area contributed by atoms with Gasteiger partial charge in [-0.05, 0) is 83.3 Å². The van der Waals surface area contributed by atoms with Crippen LogP contribution in [0.15, 0.2) is 59.7 Å². The van der Waals surface area contributed by atoms with Crippen molar-refractivity contribution in [1.82, 2.24) is 40.0 Å². The second kappa shape index (κ2) is 10.9. The quantitative estimate of drug-likeness (QED) is 0.283. The minimum absolute atomic E-state index is 0.171. The first-order valence-corrected chi connectivity index (χ1v) is 13.1. The van der Waals surface area contributed by atoms with E-state index in [2.05, 4.69) is 30.7 Å². The van der Waals surface area contributed by atoms with Crippen molar-refractivity contribution in [1.29, 1.82) is 0 Å². The van der Waals surface area contributed by atoms with E-state index >= 15 is 0 Å². The number of methoxy groups -OCH3 is 1. The monoisotopic (exact) mass is 573 g/mol. The van der Waals surface area contributed by atoms with Crippen LogP contribution in [0.5, 0.6) is 5.75 Å². The first-order chi connectivity index (χ1) is 19.9. The molecule has 0 unspecified atom stereocenters. The lowest BCUT2D eigenvalue weighted by molar-refractivity contribution is 0.198. The molecule has 0 bridgehead atoms. The summed E-state index contributed by atoms with van der Waals surface area (Å²) in [7, 11) is 1.59. The molecule has 13 nitrogen and oxygen atoms in total. The molecule has 41 heavy (non-hydrogen) atoms. The number of aryl methyl sites for hydroxylation is 1. The van der Waals surface area contributed by atoms with Crippen LogP contribution in [0.3, 0.4) is 0 Å². The number of hydrogen-bond donors (Lipinski definition) is 2. The molecule has 1 aliphatic heterocycles. The van der Waals surface area contributed by atoms with E-state index in [0.29, 0.717) is 54.0 Å². The van der Waals surface area contributed by atoms with Crippen molar-refractivity contribution in [3.8, 4) is 34.0 Å². The molecule has 1 amide bonds. The van der Waals surface area contributed by atoms with Crippen molar-refractivity contribution in [2.24, 2.45) is 5.73 Å². The number of carbonyl (C=O) groups is 1. The molecule has 3 aromatic heterocycles. The number of nitrogens with two attached hydrogens (primary N) is 1. The molecular formula is C27H24ClN9O4. The van der Waals surface area contributed by atoms with E-state index in [1.54, 1.807) is 42.0 Å². The van der Waals surface area contributed by atoms with E-state index < -0.39 is 6.09 Å². The van der Waals surface area contributed by atoms with Gasteiger partial charge in [0.05, 0.1) is 18.3 Å². The van der Waals surface area contributed by atoms with Gasteiger partial charge in [0.25, 0.3) is 5.56 Å². The van der Waals surface area contributed by atoms with E-state index in [9.17, 15) is 9.59 Å². The molecular weight excluding hydrogens is 550 g/mol. The number of pyridine rings is 1. The van der Waals surface area contributed by atoms with E-state index in [-0.39, 0.29) is 11.6 Å². The third kappa shape index (κ3) is 5.19. The van der Waals surface area contributed by atoms with Crippen LogP contribution in [0.1, 0.15) is 29.5 Å². The number of aromatic nitrogens is 8. The highest BCUT2D eigenvalue weighted by molar-refractivity contribution is 6.31. The summed E-state index contributed by atoms with van der Waals surface area (Å²) in [5, 5.41) is 20.7. The molecule has 0 radical (unpaired) electrons. The Hall–Kier alpha value is -4.88. The number of ether oxygens (including phenoxy) is 2. The average molecular weight is 574 g/mol. The van der Waals surface area contributed by atoms with Crippen LogP contribution < -0.4 is 16.0 Å². The predicted octanol–water partition coefficient (Wildman–Crippen LogP) is 3.11. The molecule has 3 N–H and O–H groups in total. The van der Waals surface area contributed by atoms with Gasteiger partial charge in [-0.3, -0.25) is 4.79 Å². The Morgan fingerprint density at radius 3 is 2.80 bits per heavy atom. The number of nitrogens with one attached hydrogen (secondary N) is 1. The van der Waals surface area contributed by atoms with Crippen molar-refractivity contribution in [3.63, 3.8) is 0 Å². The number of primary amides is 1. The van der Waals surface area contributed by atoms with Crippen molar-refractivity contribution in [2.45, 2.75) is 25.3 Å². The Morgan fingerprint density at radius 1 is 1.15 bits per heavy atom. The van der Waals surface area contributed by atoms with Crippen LogP contribution in [0.2, 0.25) is 5.02 Å². The number of aromatic amines is 1. The summed E-state index contributed by atoms with van der Waals surface area (Å²) in [6.07, 6.45) is 2.44. The summed E-state index contributed by atoms with van der Waals surface area (Å²) in [4.78, 5) is 28.1. The Labute approximate surface area is 237 Å². The minimum Gasteiger partial charge on any atom is -0.410 e. The lowest BCUT2D eigenvalue weighted by Gasteiger charge is -2.14. The van der Waals surface area contributed by atoms with E-state index in [4.69, 9.17) is 26.8 Å². The molecule has 0 saturated carbocycles. The number of carbonyl (C=O) groups excluding carboxylic acids is 1. The summed E-state index contributed by atoms with van der Waals surface area (Å²) in [5.74, 6) is 1.45. The maximum absolute atomic E-state index is 13.5. The number of fused-ring (bicyclic) bond motifs is 1.